The first kappa shape index (κ1) is 17.7. The Morgan fingerprint density at radius 1 is 1.00 bits per heavy atom. The summed E-state index contributed by atoms with van der Waals surface area (Å²) in [6.07, 6.45) is 2.79. The van der Waals surface area contributed by atoms with Gasteiger partial charge in [0.1, 0.15) is 11.5 Å². The number of pyridine rings is 1. The predicted octanol–water partition coefficient (Wildman–Crippen LogP) is 4.43. The number of aryl methyl sites for hydroxylation is 2. The van der Waals surface area contributed by atoms with Gasteiger partial charge in [0.25, 0.3) is 0 Å². The zero-order valence-corrected chi connectivity index (χ0v) is 14.8. The average molecular weight is 346 g/mol. The molecule has 0 aliphatic rings. The van der Waals surface area contributed by atoms with E-state index in [0.717, 1.165) is 22.8 Å². The minimum absolute atomic E-state index is 0.000733. The van der Waals surface area contributed by atoms with E-state index in [4.69, 9.17) is 4.74 Å². The summed E-state index contributed by atoms with van der Waals surface area (Å²) in [4.78, 5) is 16.4. The number of hydrogen-bond donors (Lipinski definition) is 1. The lowest BCUT2D eigenvalue weighted by atomic mass is 10.1. The highest BCUT2D eigenvalue weighted by atomic mass is 16.5. The van der Waals surface area contributed by atoms with Crippen molar-refractivity contribution in [2.75, 3.05) is 0 Å². The van der Waals surface area contributed by atoms with E-state index in [1.54, 1.807) is 6.20 Å². The van der Waals surface area contributed by atoms with Gasteiger partial charge in [-0.05, 0) is 43.7 Å². The van der Waals surface area contributed by atoms with Crippen molar-refractivity contribution in [2.24, 2.45) is 0 Å². The van der Waals surface area contributed by atoms with Crippen LogP contribution in [0, 0.1) is 6.92 Å². The molecular weight excluding hydrogens is 324 g/mol. The van der Waals surface area contributed by atoms with Crippen molar-refractivity contribution in [1.29, 1.82) is 0 Å². The van der Waals surface area contributed by atoms with Gasteiger partial charge >= 0.3 is 0 Å². The van der Waals surface area contributed by atoms with E-state index in [0.29, 0.717) is 19.4 Å². The normalized spacial score (nSPS) is 10.3. The van der Waals surface area contributed by atoms with Crippen molar-refractivity contribution >= 4 is 5.91 Å². The van der Waals surface area contributed by atoms with Gasteiger partial charge < -0.3 is 10.1 Å². The molecule has 4 nitrogen and oxygen atoms in total. The highest BCUT2D eigenvalue weighted by Crippen LogP contribution is 2.25. The fraction of sp³-hybridized carbons (Fsp3) is 0.182. The summed E-state index contributed by atoms with van der Waals surface area (Å²) in [6.45, 7) is 2.47. The van der Waals surface area contributed by atoms with Gasteiger partial charge in [-0.2, -0.15) is 0 Å². The summed E-state index contributed by atoms with van der Waals surface area (Å²) >= 11 is 0. The zero-order chi connectivity index (χ0) is 18.2. The molecule has 0 aliphatic heterocycles. The molecular formula is C22H22N2O2. The molecule has 0 fully saturated rings. The summed E-state index contributed by atoms with van der Waals surface area (Å²) in [5.41, 5.74) is 3.05. The molecule has 0 bridgehead atoms. The van der Waals surface area contributed by atoms with Crippen LogP contribution in [0.4, 0.5) is 0 Å². The van der Waals surface area contributed by atoms with E-state index in [2.05, 4.69) is 10.3 Å². The Morgan fingerprint density at radius 2 is 1.77 bits per heavy atom. The maximum atomic E-state index is 12.1. The SMILES string of the molecule is Cc1ccc(Oc2ccccc2CNC(=O)CCc2ccccn2)cc1. The summed E-state index contributed by atoms with van der Waals surface area (Å²) in [5.74, 6) is 1.53. The molecule has 3 aromatic rings. The van der Waals surface area contributed by atoms with Crippen LogP contribution in [0.15, 0.2) is 72.9 Å². The van der Waals surface area contributed by atoms with Gasteiger partial charge in [0.15, 0.2) is 0 Å². The third-order valence-electron chi connectivity index (χ3n) is 4.03. The van der Waals surface area contributed by atoms with Crippen LogP contribution < -0.4 is 10.1 Å². The molecule has 0 atom stereocenters. The van der Waals surface area contributed by atoms with Crippen LogP contribution in [-0.2, 0) is 17.8 Å². The van der Waals surface area contributed by atoms with Gasteiger partial charge in [-0.1, -0.05) is 42.0 Å². The molecule has 2 aromatic carbocycles. The Labute approximate surface area is 153 Å². The standard InChI is InChI=1S/C22H22N2O2/c1-17-9-12-20(13-10-17)26-21-8-3-2-6-18(21)16-24-22(25)14-11-19-7-4-5-15-23-19/h2-10,12-13,15H,11,14,16H2,1H3,(H,24,25). The second kappa shape index (κ2) is 8.81. The van der Waals surface area contributed by atoms with Gasteiger partial charge in [-0.15, -0.1) is 0 Å². The number of aromatic nitrogens is 1. The first-order valence-electron chi connectivity index (χ1n) is 8.70. The van der Waals surface area contributed by atoms with Crippen LogP contribution in [0.25, 0.3) is 0 Å². The molecule has 3 rings (SSSR count). The Hall–Kier alpha value is -3.14. The maximum absolute atomic E-state index is 12.1. The minimum atomic E-state index is 0.000733. The van der Waals surface area contributed by atoms with Crippen LogP contribution >= 0.6 is 0 Å². The van der Waals surface area contributed by atoms with E-state index in [1.807, 2.05) is 73.7 Å². The molecule has 1 amide bonds. The minimum Gasteiger partial charge on any atom is -0.457 e. The molecule has 26 heavy (non-hydrogen) atoms. The van der Waals surface area contributed by atoms with Gasteiger partial charge in [-0.3, -0.25) is 9.78 Å². The molecule has 0 radical (unpaired) electrons. The molecule has 1 N–H and O–H groups in total. The van der Waals surface area contributed by atoms with E-state index >= 15 is 0 Å². The molecule has 0 aliphatic carbocycles. The van der Waals surface area contributed by atoms with E-state index in [1.165, 1.54) is 5.56 Å². The van der Waals surface area contributed by atoms with Crippen molar-refractivity contribution in [3.8, 4) is 11.5 Å². The number of ether oxygens (including phenoxy) is 1. The Balaban J connectivity index is 1.56. The third kappa shape index (κ3) is 5.18. The van der Waals surface area contributed by atoms with Gasteiger partial charge in [0.05, 0.1) is 0 Å². The molecule has 0 spiro atoms. The molecule has 1 heterocycles. The Bertz CT molecular complexity index is 846. The molecule has 132 valence electrons. The Kier molecular flexibility index (Phi) is 5.99. The maximum Gasteiger partial charge on any atom is 0.220 e. The van der Waals surface area contributed by atoms with Gasteiger partial charge in [0, 0.05) is 30.4 Å². The number of amides is 1. The van der Waals surface area contributed by atoms with Crippen molar-refractivity contribution in [3.63, 3.8) is 0 Å². The monoisotopic (exact) mass is 346 g/mol. The summed E-state index contributed by atoms with van der Waals surface area (Å²) < 4.78 is 5.96. The number of nitrogens with zero attached hydrogens (tertiary/aromatic N) is 1. The number of hydrogen-bond acceptors (Lipinski definition) is 3. The van der Waals surface area contributed by atoms with Crippen LogP contribution in [0.1, 0.15) is 23.2 Å². The van der Waals surface area contributed by atoms with Crippen LogP contribution in [-0.4, -0.2) is 10.9 Å². The lowest BCUT2D eigenvalue weighted by molar-refractivity contribution is -0.121. The van der Waals surface area contributed by atoms with Crippen molar-refractivity contribution in [3.05, 3.63) is 89.7 Å². The summed E-state index contributed by atoms with van der Waals surface area (Å²) in [7, 11) is 0. The lowest BCUT2D eigenvalue weighted by Crippen LogP contribution is -2.23. The van der Waals surface area contributed by atoms with Crippen molar-refractivity contribution in [1.82, 2.24) is 10.3 Å². The first-order valence-corrected chi connectivity index (χ1v) is 8.70. The van der Waals surface area contributed by atoms with Crippen LogP contribution in [0.3, 0.4) is 0 Å². The average Bonchev–Trinajstić information content (AvgIpc) is 2.68. The van der Waals surface area contributed by atoms with Gasteiger partial charge in [-0.25, -0.2) is 0 Å². The zero-order valence-electron chi connectivity index (χ0n) is 14.8. The van der Waals surface area contributed by atoms with Crippen LogP contribution in [0.2, 0.25) is 0 Å². The van der Waals surface area contributed by atoms with Crippen molar-refractivity contribution < 1.29 is 9.53 Å². The van der Waals surface area contributed by atoms with Crippen molar-refractivity contribution in [2.45, 2.75) is 26.3 Å². The quantitative estimate of drug-likeness (QED) is 0.688. The molecule has 0 unspecified atom stereocenters. The predicted molar refractivity (Wildman–Crippen MR) is 102 cm³/mol. The molecule has 0 saturated heterocycles. The largest absolute Gasteiger partial charge is 0.457 e. The number of benzene rings is 2. The second-order valence-electron chi connectivity index (χ2n) is 6.12. The number of rotatable bonds is 7. The highest BCUT2D eigenvalue weighted by Gasteiger charge is 2.07. The summed E-state index contributed by atoms with van der Waals surface area (Å²) in [6, 6.07) is 21.4. The fourth-order valence-electron chi connectivity index (χ4n) is 2.55. The van der Waals surface area contributed by atoms with E-state index < -0.39 is 0 Å². The van der Waals surface area contributed by atoms with E-state index in [9.17, 15) is 4.79 Å². The van der Waals surface area contributed by atoms with Gasteiger partial charge in [0.2, 0.25) is 5.91 Å². The smallest absolute Gasteiger partial charge is 0.220 e. The lowest BCUT2D eigenvalue weighted by Gasteiger charge is -2.12. The number of carbonyl (C=O) groups is 1. The second-order valence-corrected chi connectivity index (χ2v) is 6.12. The molecule has 4 heteroatoms. The first-order chi connectivity index (χ1) is 12.7. The molecule has 1 aromatic heterocycles. The third-order valence-corrected chi connectivity index (χ3v) is 4.03. The number of para-hydroxylation sites is 1. The molecule has 0 saturated carbocycles. The topological polar surface area (TPSA) is 51.2 Å². The van der Waals surface area contributed by atoms with Crippen LogP contribution in [0.5, 0.6) is 11.5 Å². The number of nitrogens with one attached hydrogen (secondary N) is 1. The summed E-state index contributed by atoms with van der Waals surface area (Å²) in [5, 5.41) is 2.96. The Morgan fingerprint density at radius 3 is 2.54 bits per heavy atom. The number of carbonyl (C=O) groups excluding carboxylic acids is 1. The fourth-order valence-corrected chi connectivity index (χ4v) is 2.55. The van der Waals surface area contributed by atoms with E-state index in [-0.39, 0.29) is 5.91 Å². The highest BCUT2D eigenvalue weighted by molar-refractivity contribution is 5.76.